The largest absolute Gasteiger partial charge is 0.383 e. The molecule has 1 fully saturated rings. The summed E-state index contributed by atoms with van der Waals surface area (Å²) < 4.78 is 1.92. The van der Waals surface area contributed by atoms with E-state index in [1.807, 2.05) is 18.5 Å². The van der Waals surface area contributed by atoms with Gasteiger partial charge in [-0.3, -0.25) is 0 Å². The maximum atomic E-state index is 6.05. The molecule has 0 saturated heterocycles. The normalized spacial score (nSPS) is 15.2. The Bertz CT molecular complexity index is 548. The molecule has 1 aromatic carbocycles. The summed E-state index contributed by atoms with van der Waals surface area (Å²) in [5, 5.41) is 0. The van der Waals surface area contributed by atoms with Gasteiger partial charge in [0.2, 0.25) is 0 Å². The van der Waals surface area contributed by atoms with Crippen LogP contribution in [0.1, 0.15) is 30.1 Å². The molecule has 0 amide bonds. The van der Waals surface area contributed by atoms with Gasteiger partial charge >= 0.3 is 0 Å². The lowest BCUT2D eigenvalue weighted by molar-refractivity contribution is 0.868. The third-order valence-corrected chi connectivity index (χ3v) is 3.60. The molecule has 0 atom stereocenters. The lowest BCUT2D eigenvalue weighted by Gasteiger charge is -2.02. The van der Waals surface area contributed by atoms with Gasteiger partial charge in [-0.25, -0.2) is 4.98 Å². The molecule has 0 bridgehead atoms. The first-order valence-corrected chi connectivity index (χ1v) is 6.06. The Kier molecular flexibility index (Phi) is 2.21. The maximum Gasteiger partial charge on any atom is 0.131 e. The Balaban J connectivity index is 1.99. The van der Waals surface area contributed by atoms with E-state index in [2.05, 4.69) is 29.2 Å². The summed E-state index contributed by atoms with van der Waals surface area (Å²) in [6.07, 6.45) is 2.67. The quantitative estimate of drug-likeness (QED) is 0.857. The number of nitrogens with two attached hydrogens (primary N) is 1. The number of hydrogen-bond acceptors (Lipinski definition) is 2. The van der Waals surface area contributed by atoms with Gasteiger partial charge in [-0.15, -0.1) is 0 Å². The van der Waals surface area contributed by atoms with Crippen LogP contribution < -0.4 is 5.73 Å². The number of nitrogens with zero attached hydrogens (tertiary/aromatic N) is 2. The van der Waals surface area contributed by atoms with Gasteiger partial charge in [0.05, 0.1) is 0 Å². The number of anilines is 1. The zero-order chi connectivity index (χ0) is 12.0. The predicted octanol–water partition coefficient (Wildman–Crippen LogP) is 2.86. The molecule has 17 heavy (non-hydrogen) atoms. The van der Waals surface area contributed by atoms with Crippen LogP contribution in [0, 0.1) is 6.92 Å². The van der Waals surface area contributed by atoms with E-state index < -0.39 is 0 Å². The van der Waals surface area contributed by atoms with E-state index in [0.29, 0.717) is 0 Å². The van der Waals surface area contributed by atoms with Gasteiger partial charge in [0.1, 0.15) is 17.3 Å². The molecule has 3 heteroatoms. The number of aromatic nitrogens is 2. The van der Waals surface area contributed by atoms with Crippen LogP contribution in [0.5, 0.6) is 0 Å². The highest BCUT2D eigenvalue weighted by Crippen LogP contribution is 2.40. The van der Waals surface area contributed by atoms with Crippen molar-refractivity contribution in [3.05, 3.63) is 35.7 Å². The molecule has 1 aromatic heterocycles. The number of nitrogen functional groups attached to an aromatic ring is 1. The summed E-state index contributed by atoms with van der Waals surface area (Å²) in [7, 11) is 1.94. The van der Waals surface area contributed by atoms with Crippen LogP contribution in [0.3, 0.4) is 0 Å². The third kappa shape index (κ3) is 1.71. The van der Waals surface area contributed by atoms with Crippen LogP contribution >= 0.6 is 0 Å². The van der Waals surface area contributed by atoms with E-state index in [-0.39, 0.29) is 0 Å². The predicted molar refractivity (Wildman–Crippen MR) is 69.8 cm³/mol. The molecular weight excluding hydrogens is 210 g/mol. The van der Waals surface area contributed by atoms with E-state index in [0.717, 1.165) is 28.8 Å². The van der Waals surface area contributed by atoms with Crippen molar-refractivity contribution in [2.24, 2.45) is 7.05 Å². The fraction of sp³-hybridized carbons (Fsp3) is 0.357. The van der Waals surface area contributed by atoms with E-state index in [4.69, 9.17) is 5.73 Å². The third-order valence-electron chi connectivity index (χ3n) is 3.60. The summed E-state index contributed by atoms with van der Waals surface area (Å²) in [6.45, 7) is 1.97. The summed E-state index contributed by atoms with van der Waals surface area (Å²) in [4.78, 5) is 4.51. The van der Waals surface area contributed by atoms with Crippen molar-refractivity contribution in [3.8, 4) is 11.3 Å². The molecule has 3 rings (SSSR count). The zero-order valence-electron chi connectivity index (χ0n) is 10.3. The Morgan fingerprint density at radius 2 is 1.88 bits per heavy atom. The zero-order valence-corrected chi connectivity index (χ0v) is 10.3. The number of aryl methyl sites for hydroxylation is 1. The number of imidazole rings is 1. The average Bonchev–Trinajstić information content (AvgIpc) is 3.15. The van der Waals surface area contributed by atoms with Crippen LogP contribution in [0.2, 0.25) is 0 Å². The lowest BCUT2D eigenvalue weighted by atomic mass is 10.1. The minimum atomic E-state index is 0.738. The van der Waals surface area contributed by atoms with E-state index in [1.54, 1.807) is 0 Å². The first-order chi connectivity index (χ1) is 8.16. The first kappa shape index (κ1) is 10.4. The standard InChI is InChI=1S/C14H17N3/c1-9-16-13(14(15)17(9)2)12-7-5-11(6-8-12)10-3-4-10/h5-8,10H,3-4,15H2,1-2H3. The van der Waals surface area contributed by atoms with Crippen molar-refractivity contribution in [2.75, 3.05) is 5.73 Å². The van der Waals surface area contributed by atoms with Gasteiger partial charge in [-0.05, 0) is 31.2 Å². The molecule has 1 aliphatic rings. The Labute approximate surface area is 101 Å². The Hall–Kier alpha value is -1.77. The van der Waals surface area contributed by atoms with Crippen LogP contribution in [-0.4, -0.2) is 9.55 Å². The van der Waals surface area contributed by atoms with Crippen molar-refractivity contribution in [3.63, 3.8) is 0 Å². The average molecular weight is 227 g/mol. The van der Waals surface area contributed by atoms with Crippen LogP contribution in [0.15, 0.2) is 24.3 Å². The van der Waals surface area contributed by atoms with Gasteiger partial charge in [0, 0.05) is 12.6 Å². The second-order valence-electron chi connectivity index (χ2n) is 4.85. The van der Waals surface area contributed by atoms with Crippen LogP contribution in [0.4, 0.5) is 5.82 Å². The van der Waals surface area contributed by atoms with E-state index >= 15 is 0 Å². The Morgan fingerprint density at radius 3 is 2.35 bits per heavy atom. The lowest BCUT2D eigenvalue weighted by Crippen LogP contribution is -1.98. The maximum absolute atomic E-state index is 6.05. The first-order valence-electron chi connectivity index (χ1n) is 6.06. The molecular formula is C14H17N3. The van der Waals surface area contributed by atoms with Gasteiger partial charge in [0.15, 0.2) is 0 Å². The smallest absolute Gasteiger partial charge is 0.131 e. The summed E-state index contributed by atoms with van der Waals surface area (Å²) in [6, 6.07) is 8.67. The summed E-state index contributed by atoms with van der Waals surface area (Å²) in [5.74, 6) is 2.48. The fourth-order valence-corrected chi connectivity index (χ4v) is 2.17. The van der Waals surface area contributed by atoms with Crippen molar-refractivity contribution in [2.45, 2.75) is 25.7 Å². The Morgan fingerprint density at radius 1 is 1.24 bits per heavy atom. The van der Waals surface area contributed by atoms with Gasteiger partial charge in [-0.2, -0.15) is 0 Å². The molecule has 2 aromatic rings. The summed E-state index contributed by atoms with van der Waals surface area (Å²) >= 11 is 0. The molecule has 1 saturated carbocycles. The highest BCUT2D eigenvalue weighted by atomic mass is 15.1. The molecule has 0 aliphatic heterocycles. The van der Waals surface area contributed by atoms with Crippen molar-refractivity contribution in [1.82, 2.24) is 9.55 Å². The number of hydrogen-bond donors (Lipinski definition) is 1. The van der Waals surface area contributed by atoms with E-state index in [1.165, 1.54) is 18.4 Å². The molecule has 0 spiro atoms. The van der Waals surface area contributed by atoms with Gasteiger partial charge < -0.3 is 10.3 Å². The molecule has 0 unspecified atom stereocenters. The molecule has 1 heterocycles. The minimum absolute atomic E-state index is 0.738. The monoisotopic (exact) mass is 227 g/mol. The minimum Gasteiger partial charge on any atom is -0.383 e. The highest BCUT2D eigenvalue weighted by molar-refractivity contribution is 5.71. The second kappa shape index (κ2) is 3.62. The van der Waals surface area contributed by atoms with E-state index in [9.17, 15) is 0 Å². The molecule has 2 N–H and O–H groups in total. The second-order valence-corrected chi connectivity index (χ2v) is 4.85. The number of benzene rings is 1. The van der Waals surface area contributed by atoms with Crippen molar-refractivity contribution in [1.29, 1.82) is 0 Å². The molecule has 0 radical (unpaired) electrons. The van der Waals surface area contributed by atoms with Crippen LogP contribution in [-0.2, 0) is 7.05 Å². The fourth-order valence-electron chi connectivity index (χ4n) is 2.17. The number of rotatable bonds is 2. The SMILES string of the molecule is Cc1nc(-c2ccc(C3CC3)cc2)c(N)n1C. The van der Waals surface area contributed by atoms with Crippen molar-refractivity contribution >= 4 is 5.82 Å². The van der Waals surface area contributed by atoms with Crippen LogP contribution in [0.25, 0.3) is 11.3 Å². The molecule has 3 nitrogen and oxygen atoms in total. The van der Waals surface area contributed by atoms with Gasteiger partial charge in [0.25, 0.3) is 0 Å². The molecule has 1 aliphatic carbocycles. The molecule has 88 valence electrons. The summed E-state index contributed by atoms with van der Waals surface area (Å²) in [5.41, 5.74) is 9.49. The van der Waals surface area contributed by atoms with Crippen molar-refractivity contribution < 1.29 is 0 Å². The van der Waals surface area contributed by atoms with Gasteiger partial charge in [-0.1, -0.05) is 24.3 Å². The highest BCUT2D eigenvalue weighted by Gasteiger charge is 2.23. The topological polar surface area (TPSA) is 43.8 Å².